The summed E-state index contributed by atoms with van der Waals surface area (Å²) in [7, 11) is 0. The minimum atomic E-state index is -0.891. The first-order valence-corrected chi connectivity index (χ1v) is 9.47. The number of nitrogens with zero attached hydrogens (tertiary/aromatic N) is 3. The molecule has 8 heteroatoms. The predicted octanol–water partition coefficient (Wildman–Crippen LogP) is 3.74. The molecule has 1 aliphatic rings. The SMILES string of the molecule is CC1CCCN(C(=O)c2nc(C(=O)Nc3c(F)cccc3F)n3ccccc23)C1. The monoisotopic (exact) mass is 398 g/mol. The average molecular weight is 398 g/mol. The lowest BCUT2D eigenvalue weighted by Crippen LogP contribution is -2.39. The number of rotatable bonds is 3. The molecule has 1 N–H and O–H groups in total. The van der Waals surface area contributed by atoms with E-state index in [2.05, 4.69) is 17.2 Å². The van der Waals surface area contributed by atoms with Gasteiger partial charge in [-0.15, -0.1) is 0 Å². The molecule has 3 aromatic rings. The van der Waals surface area contributed by atoms with Crippen molar-refractivity contribution in [1.29, 1.82) is 0 Å². The van der Waals surface area contributed by atoms with E-state index in [0.29, 0.717) is 24.5 Å². The first-order chi connectivity index (χ1) is 14.0. The number of fused-ring (bicyclic) bond motifs is 1. The molecule has 1 saturated heterocycles. The molecule has 4 rings (SSSR count). The van der Waals surface area contributed by atoms with Crippen molar-refractivity contribution in [3.63, 3.8) is 0 Å². The zero-order valence-electron chi connectivity index (χ0n) is 15.9. The fourth-order valence-corrected chi connectivity index (χ4v) is 3.67. The van der Waals surface area contributed by atoms with Crippen LogP contribution in [0.4, 0.5) is 14.5 Å². The molecule has 0 saturated carbocycles. The molecule has 29 heavy (non-hydrogen) atoms. The number of anilines is 1. The van der Waals surface area contributed by atoms with Crippen molar-refractivity contribution >= 4 is 23.0 Å². The molecular formula is C21H20F2N4O2. The van der Waals surface area contributed by atoms with Crippen molar-refractivity contribution in [2.45, 2.75) is 19.8 Å². The Hall–Kier alpha value is -3.29. The number of likely N-dealkylation sites (tertiary alicyclic amines) is 1. The molecule has 2 aromatic heterocycles. The second-order valence-electron chi connectivity index (χ2n) is 7.29. The quantitative estimate of drug-likeness (QED) is 0.731. The summed E-state index contributed by atoms with van der Waals surface area (Å²) >= 11 is 0. The Morgan fingerprint density at radius 1 is 1.14 bits per heavy atom. The minimum absolute atomic E-state index is 0.114. The molecule has 0 aliphatic carbocycles. The van der Waals surface area contributed by atoms with E-state index in [9.17, 15) is 18.4 Å². The van der Waals surface area contributed by atoms with Crippen molar-refractivity contribution in [2.24, 2.45) is 5.92 Å². The molecule has 2 amide bonds. The number of piperidine rings is 1. The fourth-order valence-electron chi connectivity index (χ4n) is 3.67. The third kappa shape index (κ3) is 3.57. The molecule has 1 fully saturated rings. The van der Waals surface area contributed by atoms with Crippen molar-refractivity contribution in [1.82, 2.24) is 14.3 Å². The second-order valence-corrected chi connectivity index (χ2v) is 7.29. The van der Waals surface area contributed by atoms with Gasteiger partial charge >= 0.3 is 0 Å². The third-order valence-corrected chi connectivity index (χ3v) is 5.10. The number of carbonyl (C=O) groups is 2. The molecule has 3 heterocycles. The van der Waals surface area contributed by atoms with E-state index >= 15 is 0 Å². The summed E-state index contributed by atoms with van der Waals surface area (Å²) < 4.78 is 29.3. The van der Waals surface area contributed by atoms with Crippen LogP contribution in [-0.4, -0.2) is 39.2 Å². The lowest BCUT2D eigenvalue weighted by atomic mass is 10.00. The van der Waals surface area contributed by atoms with Gasteiger partial charge in [0.2, 0.25) is 5.82 Å². The van der Waals surface area contributed by atoms with Crippen LogP contribution in [-0.2, 0) is 0 Å². The maximum absolute atomic E-state index is 13.9. The highest BCUT2D eigenvalue weighted by molar-refractivity contribution is 6.06. The Labute approximate surface area is 166 Å². The lowest BCUT2D eigenvalue weighted by Gasteiger charge is -2.30. The van der Waals surface area contributed by atoms with Crippen LogP contribution in [0.3, 0.4) is 0 Å². The Bertz CT molecular complexity index is 1080. The van der Waals surface area contributed by atoms with Gasteiger partial charge in [-0.05, 0) is 43.0 Å². The molecular weight excluding hydrogens is 378 g/mol. The molecule has 0 bridgehead atoms. The number of nitrogens with one attached hydrogen (secondary N) is 1. The highest BCUT2D eigenvalue weighted by Gasteiger charge is 2.28. The van der Waals surface area contributed by atoms with Crippen LogP contribution in [0, 0.1) is 17.6 Å². The van der Waals surface area contributed by atoms with Crippen LogP contribution in [0.5, 0.6) is 0 Å². The number of carbonyl (C=O) groups excluding carboxylic acids is 2. The van der Waals surface area contributed by atoms with Crippen LogP contribution >= 0.6 is 0 Å². The van der Waals surface area contributed by atoms with Gasteiger partial charge in [0, 0.05) is 19.3 Å². The number of hydrogen-bond donors (Lipinski definition) is 1. The summed E-state index contributed by atoms with van der Waals surface area (Å²) in [4.78, 5) is 31.8. The summed E-state index contributed by atoms with van der Waals surface area (Å²) in [5.41, 5.74) is 0.0663. The van der Waals surface area contributed by atoms with Gasteiger partial charge in [0.05, 0.1) is 5.52 Å². The van der Waals surface area contributed by atoms with Gasteiger partial charge in [-0.3, -0.25) is 14.0 Å². The van der Waals surface area contributed by atoms with Gasteiger partial charge in [-0.2, -0.15) is 0 Å². The number of pyridine rings is 1. The molecule has 150 valence electrons. The first-order valence-electron chi connectivity index (χ1n) is 9.47. The third-order valence-electron chi connectivity index (χ3n) is 5.10. The smallest absolute Gasteiger partial charge is 0.292 e. The van der Waals surface area contributed by atoms with Crippen molar-refractivity contribution in [3.05, 3.63) is 65.7 Å². The number of benzene rings is 1. The standard InChI is InChI=1S/C21H20F2N4O2/c1-13-6-5-10-26(12-13)21(29)18-16-9-2-3-11-27(16)19(24-18)20(28)25-17-14(22)7-4-8-15(17)23/h2-4,7-9,11,13H,5-6,10,12H2,1H3,(H,25,28). The fraction of sp³-hybridized carbons (Fsp3) is 0.286. The van der Waals surface area contributed by atoms with Crippen molar-refractivity contribution in [3.8, 4) is 0 Å². The number of amides is 2. The van der Waals surface area contributed by atoms with Gasteiger partial charge in [-0.25, -0.2) is 13.8 Å². The number of para-hydroxylation sites is 1. The Morgan fingerprint density at radius 2 is 1.90 bits per heavy atom. The summed E-state index contributed by atoms with van der Waals surface area (Å²) in [6.07, 6.45) is 3.57. The zero-order valence-corrected chi connectivity index (χ0v) is 15.9. The molecule has 1 aromatic carbocycles. The van der Waals surface area contributed by atoms with Gasteiger partial charge in [0.1, 0.15) is 17.3 Å². The van der Waals surface area contributed by atoms with E-state index in [1.54, 1.807) is 29.3 Å². The first kappa shape index (κ1) is 19.0. The Balaban J connectivity index is 1.71. The maximum Gasteiger partial charge on any atom is 0.292 e. The minimum Gasteiger partial charge on any atom is -0.337 e. The van der Waals surface area contributed by atoms with Crippen LogP contribution in [0.25, 0.3) is 5.52 Å². The van der Waals surface area contributed by atoms with Gasteiger partial charge in [-0.1, -0.05) is 19.1 Å². The Kier molecular flexibility index (Phi) is 5.00. The molecule has 0 radical (unpaired) electrons. The normalized spacial score (nSPS) is 16.8. The number of imidazole rings is 1. The summed E-state index contributed by atoms with van der Waals surface area (Å²) in [5, 5.41) is 2.23. The van der Waals surface area contributed by atoms with Gasteiger partial charge in [0.25, 0.3) is 11.8 Å². The van der Waals surface area contributed by atoms with E-state index < -0.39 is 23.2 Å². The van der Waals surface area contributed by atoms with E-state index in [-0.39, 0.29) is 17.4 Å². The number of hydrogen-bond acceptors (Lipinski definition) is 3. The molecule has 6 nitrogen and oxygen atoms in total. The molecule has 0 spiro atoms. The van der Waals surface area contributed by atoms with Crippen LogP contribution < -0.4 is 5.32 Å². The second kappa shape index (κ2) is 7.62. The number of aromatic nitrogens is 2. The summed E-state index contributed by atoms with van der Waals surface area (Å²) in [5.74, 6) is -2.56. The zero-order chi connectivity index (χ0) is 20.5. The van der Waals surface area contributed by atoms with Crippen molar-refractivity contribution in [2.75, 3.05) is 18.4 Å². The topological polar surface area (TPSA) is 66.7 Å². The van der Waals surface area contributed by atoms with Crippen LogP contribution in [0.2, 0.25) is 0 Å². The van der Waals surface area contributed by atoms with E-state index in [4.69, 9.17) is 0 Å². The van der Waals surface area contributed by atoms with E-state index in [1.165, 1.54) is 10.5 Å². The molecule has 1 atom stereocenters. The highest BCUT2D eigenvalue weighted by Crippen LogP contribution is 2.22. The van der Waals surface area contributed by atoms with Gasteiger partial charge < -0.3 is 10.2 Å². The predicted molar refractivity (Wildman–Crippen MR) is 104 cm³/mol. The van der Waals surface area contributed by atoms with Crippen molar-refractivity contribution < 1.29 is 18.4 Å². The Morgan fingerprint density at radius 3 is 2.62 bits per heavy atom. The molecule has 1 unspecified atom stereocenters. The van der Waals surface area contributed by atoms with Gasteiger partial charge in [0.15, 0.2) is 5.69 Å². The van der Waals surface area contributed by atoms with E-state index in [1.807, 2.05) is 0 Å². The number of halogens is 2. The highest BCUT2D eigenvalue weighted by atomic mass is 19.1. The maximum atomic E-state index is 13.9. The van der Waals surface area contributed by atoms with E-state index in [0.717, 1.165) is 25.0 Å². The summed E-state index contributed by atoms with van der Waals surface area (Å²) in [6.45, 7) is 3.36. The lowest BCUT2D eigenvalue weighted by molar-refractivity contribution is 0.0679. The van der Waals surface area contributed by atoms with Crippen LogP contribution in [0.1, 0.15) is 40.9 Å². The average Bonchev–Trinajstić information content (AvgIpc) is 3.10. The summed E-state index contributed by atoms with van der Waals surface area (Å²) in [6, 6.07) is 8.43. The van der Waals surface area contributed by atoms with Crippen LogP contribution in [0.15, 0.2) is 42.6 Å². The molecule has 1 aliphatic heterocycles. The largest absolute Gasteiger partial charge is 0.337 e.